The van der Waals surface area contributed by atoms with Crippen LogP contribution in [0.1, 0.15) is 20.8 Å². The minimum absolute atomic E-state index is 0.275. The van der Waals surface area contributed by atoms with Crippen molar-refractivity contribution in [3.63, 3.8) is 0 Å². The summed E-state index contributed by atoms with van der Waals surface area (Å²) in [5, 5.41) is 0. The van der Waals surface area contributed by atoms with Crippen LogP contribution in [-0.2, 0) is 19.0 Å². The van der Waals surface area contributed by atoms with E-state index >= 15 is 0 Å². The summed E-state index contributed by atoms with van der Waals surface area (Å²) in [4.78, 5) is 10.5. The molecule has 0 N–H and O–H groups in total. The fraction of sp³-hybridized carbons (Fsp3) is 0.207. The first kappa shape index (κ1) is 25.6. The average Bonchev–Trinajstić information content (AvgIpc) is 3.08. The molecule has 0 spiro atoms. The van der Waals surface area contributed by atoms with Crippen LogP contribution in [0, 0.1) is 130 Å². The second-order valence-electron chi connectivity index (χ2n) is 5.55. The van der Waals surface area contributed by atoms with Crippen LogP contribution >= 0.6 is 0 Å². The fourth-order valence-electron chi connectivity index (χ4n) is 1.71. The Labute approximate surface area is 194 Å². The summed E-state index contributed by atoms with van der Waals surface area (Å²) in [5.41, 5.74) is 0. The van der Waals surface area contributed by atoms with Crippen LogP contribution in [0.5, 0.6) is 0 Å². The van der Waals surface area contributed by atoms with Crippen LogP contribution < -0.4 is 0 Å². The molecule has 0 aromatic heterocycles. The van der Waals surface area contributed by atoms with Gasteiger partial charge in [-0.05, 0) is 115 Å². The van der Waals surface area contributed by atoms with Gasteiger partial charge in [0.15, 0.2) is 11.9 Å². The lowest BCUT2D eigenvalue weighted by Gasteiger charge is -2.15. The minimum Gasteiger partial charge on any atom is -0.434 e. The molecular weight excluding hydrogens is 412 g/mol. The zero-order valence-corrected chi connectivity index (χ0v) is 17.9. The number of ether oxygens (including phenoxy) is 3. The zero-order chi connectivity index (χ0) is 24.0. The Hall–Kier alpha value is -5.45. The number of carbonyl (C=O) groups is 1. The molecule has 0 amide bonds. The van der Waals surface area contributed by atoms with Gasteiger partial charge in [-0.25, -0.2) is 0 Å². The van der Waals surface area contributed by atoms with Gasteiger partial charge in [-0.2, -0.15) is 0 Å². The van der Waals surface area contributed by atoms with Gasteiger partial charge in [-0.3, -0.25) is 4.79 Å². The molecule has 4 heteroatoms. The molecule has 0 unspecified atom stereocenters. The van der Waals surface area contributed by atoms with Crippen LogP contribution in [0.2, 0.25) is 0 Å². The van der Waals surface area contributed by atoms with Crippen LogP contribution in [-0.4, -0.2) is 24.7 Å². The molecular formula is C29H12O4. The standard InChI is InChI=1S/C29H12O4/c1-4-5-6-7-8-9-10-11-12-13-14-15-16-17-18-19-20-21-22-23-24-25-27-28(31-26-30)33-29(2,3)32-27/h26-28H,1-3H3/t27-,28-/m1/s1. The van der Waals surface area contributed by atoms with E-state index in [-0.39, 0.29) is 6.47 Å². The third kappa shape index (κ3) is 13.4. The Balaban J connectivity index is 2.49. The van der Waals surface area contributed by atoms with Crippen molar-refractivity contribution in [1.29, 1.82) is 0 Å². The Morgan fingerprint density at radius 3 is 1.33 bits per heavy atom. The number of hydrogen-bond acceptors (Lipinski definition) is 4. The predicted octanol–water partition coefficient (Wildman–Crippen LogP) is 0.694. The highest BCUT2D eigenvalue weighted by Crippen LogP contribution is 2.27. The summed E-state index contributed by atoms with van der Waals surface area (Å²) in [6.45, 7) is 5.33. The van der Waals surface area contributed by atoms with Crippen molar-refractivity contribution in [2.24, 2.45) is 0 Å². The Bertz CT molecular complexity index is 1460. The molecule has 33 heavy (non-hydrogen) atoms. The third-order valence-electron chi connectivity index (χ3n) is 2.77. The molecule has 0 aliphatic carbocycles. The van der Waals surface area contributed by atoms with Crippen molar-refractivity contribution < 1.29 is 19.0 Å². The van der Waals surface area contributed by atoms with E-state index in [1.54, 1.807) is 20.8 Å². The van der Waals surface area contributed by atoms with Crippen molar-refractivity contribution in [3.05, 3.63) is 0 Å². The van der Waals surface area contributed by atoms with E-state index < -0.39 is 18.2 Å². The highest BCUT2D eigenvalue weighted by molar-refractivity contribution is 5.47. The van der Waals surface area contributed by atoms with E-state index in [0.717, 1.165) is 0 Å². The molecule has 0 aromatic rings. The number of rotatable bonds is 2. The first-order valence-electron chi connectivity index (χ1n) is 8.96. The summed E-state index contributed by atoms with van der Waals surface area (Å²) in [7, 11) is 0. The highest BCUT2D eigenvalue weighted by Gasteiger charge is 2.42. The smallest absolute Gasteiger partial charge is 0.295 e. The van der Waals surface area contributed by atoms with Gasteiger partial charge in [-0.15, -0.1) is 0 Å². The van der Waals surface area contributed by atoms with Crippen molar-refractivity contribution in [1.82, 2.24) is 0 Å². The third-order valence-corrected chi connectivity index (χ3v) is 2.77. The van der Waals surface area contributed by atoms with Gasteiger partial charge < -0.3 is 14.2 Å². The quantitative estimate of drug-likeness (QED) is 0.484. The van der Waals surface area contributed by atoms with E-state index in [1.165, 1.54) is 0 Å². The Morgan fingerprint density at radius 2 is 0.970 bits per heavy atom. The van der Waals surface area contributed by atoms with Gasteiger partial charge >= 0.3 is 0 Å². The van der Waals surface area contributed by atoms with E-state index in [1.807, 2.05) is 0 Å². The predicted molar refractivity (Wildman–Crippen MR) is 122 cm³/mol. The van der Waals surface area contributed by atoms with E-state index in [0.29, 0.717) is 0 Å². The van der Waals surface area contributed by atoms with Gasteiger partial charge in [0.05, 0.1) is 0 Å². The average molecular weight is 424 g/mol. The van der Waals surface area contributed by atoms with Gasteiger partial charge in [0.2, 0.25) is 6.29 Å². The van der Waals surface area contributed by atoms with E-state index in [2.05, 4.69) is 130 Å². The molecule has 152 valence electrons. The fourth-order valence-corrected chi connectivity index (χ4v) is 1.71. The van der Waals surface area contributed by atoms with Crippen LogP contribution in [0.4, 0.5) is 0 Å². The molecule has 1 aliphatic heterocycles. The largest absolute Gasteiger partial charge is 0.434 e. The summed E-state index contributed by atoms with van der Waals surface area (Å²) in [6, 6.07) is 0. The summed E-state index contributed by atoms with van der Waals surface area (Å²) >= 11 is 0. The Kier molecular flexibility index (Phi) is 12.7. The molecule has 0 bridgehead atoms. The minimum atomic E-state index is -0.907. The summed E-state index contributed by atoms with van der Waals surface area (Å²) in [6.07, 6.45) is -1.64. The lowest BCUT2D eigenvalue weighted by molar-refractivity contribution is -0.188. The van der Waals surface area contributed by atoms with Gasteiger partial charge in [0.25, 0.3) is 6.47 Å². The normalized spacial score (nSPS) is 14.4. The second kappa shape index (κ2) is 16.4. The maximum absolute atomic E-state index is 10.5. The van der Waals surface area contributed by atoms with Crippen molar-refractivity contribution in [2.75, 3.05) is 0 Å². The zero-order valence-electron chi connectivity index (χ0n) is 17.9. The van der Waals surface area contributed by atoms with Crippen LogP contribution in [0.3, 0.4) is 0 Å². The van der Waals surface area contributed by atoms with Crippen molar-refractivity contribution in [2.45, 2.75) is 39.0 Å². The lowest BCUT2D eigenvalue weighted by Crippen LogP contribution is -2.24. The maximum atomic E-state index is 10.5. The van der Waals surface area contributed by atoms with Gasteiger partial charge in [0.1, 0.15) is 0 Å². The van der Waals surface area contributed by atoms with Crippen molar-refractivity contribution in [3.8, 4) is 130 Å². The molecule has 0 aromatic carbocycles. The number of carbonyl (C=O) groups excluding carboxylic acids is 1. The van der Waals surface area contributed by atoms with Crippen LogP contribution in [0.25, 0.3) is 0 Å². The Morgan fingerprint density at radius 1 is 0.606 bits per heavy atom. The molecule has 1 rings (SSSR count). The summed E-state index contributed by atoms with van der Waals surface area (Å²) in [5.74, 6) is 54.6. The van der Waals surface area contributed by atoms with Gasteiger partial charge in [-0.1, -0.05) is 11.8 Å². The first-order chi connectivity index (χ1) is 16.1. The van der Waals surface area contributed by atoms with E-state index in [9.17, 15) is 4.79 Å². The molecule has 0 saturated carbocycles. The second-order valence-corrected chi connectivity index (χ2v) is 5.55. The topological polar surface area (TPSA) is 44.8 Å². The molecule has 1 saturated heterocycles. The molecule has 4 nitrogen and oxygen atoms in total. The molecule has 1 heterocycles. The summed E-state index contributed by atoms with van der Waals surface area (Å²) < 4.78 is 15.7. The first-order valence-corrected chi connectivity index (χ1v) is 8.96. The molecule has 0 radical (unpaired) electrons. The number of hydrogen-bond donors (Lipinski definition) is 0. The highest BCUT2D eigenvalue weighted by atomic mass is 16.8. The molecule has 2 atom stereocenters. The van der Waals surface area contributed by atoms with Gasteiger partial charge in [0, 0.05) is 23.7 Å². The SMILES string of the molecule is CC#CC#CC#CC#CC#CC#CC#CC#CC#CC#CC#C[C@H]1OC(C)(C)O[C@H]1OC=O. The van der Waals surface area contributed by atoms with E-state index in [4.69, 9.17) is 14.2 Å². The maximum Gasteiger partial charge on any atom is 0.295 e. The van der Waals surface area contributed by atoms with Crippen LogP contribution in [0.15, 0.2) is 0 Å². The lowest BCUT2D eigenvalue weighted by atomic mass is 10.3. The molecule has 1 aliphatic rings. The monoisotopic (exact) mass is 424 g/mol. The molecule has 1 fully saturated rings. The van der Waals surface area contributed by atoms with Crippen molar-refractivity contribution >= 4 is 6.47 Å².